The molecule has 0 atom stereocenters. The highest BCUT2D eigenvalue weighted by molar-refractivity contribution is 7.11. The molecule has 0 saturated heterocycles. The molecule has 0 amide bonds. The number of thiophene rings is 1. The summed E-state index contributed by atoms with van der Waals surface area (Å²) in [6.45, 7) is 2.15. The molecule has 0 saturated carbocycles. The molecule has 0 aliphatic carbocycles. The Labute approximate surface area is 73.9 Å². The summed E-state index contributed by atoms with van der Waals surface area (Å²) in [5, 5.41) is 9.02. The van der Waals surface area contributed by atoms with E-state index in [0.29, 0.717) is 6.42 Å². The Morgan fingerprint density at radius 3 is 2.92 bits per heavy atom. The second kappa shape index (κ2) is 4.06. The van der Waals surface area contributed by atoms with Gasteiger partial charge in [-0.15, -0.1) is 21.5 Å². The predicted molar refractivity (Wildman–Crippen MR) is 45.7 cm³/mol. The Morgan fingerprint density at radius 2 is 2.42 bits per heavy atom. The van der Waals surface area contributed by atoms with Crippen molar-refractivity contribution in [3.63, 3.8) is 0 Å². The van der Waals surface area contributed by atoms with Crippen molar-refractivity contribution >= 4 is 11.3 Å². The zero-order valence-electron chi connectivity index (χ0n) is 6.65. The maximum absolute atomic E-state index is 9.78. The number of hydrogen-bond donors (Lipinski definition) is 0. The third kappa shape index (κ3) is 2.87. The molecule has 5 heteroatoms. The standard InChI is InChI=1S/C7H9NO3S/c1-6-2-3-7(12-6)4-5-11-8(9)10/h2-3H,4-5H2,1H3. The maximum Gasteiger partial charge on any atom is 0.294 e. The number of aryl methyl sites for hydroxylation is 1. The highest BCUT2D eigenvalue weighted by Gasteiger charge is 1.98. The average molecular weight is 187 g/mol. The lowest BCUT2D eigenvalue weighted by Gasteiger charge is -1.94. The molecule has 1 aromatic rings. The van der Waals surface area contributed by atoms with Gasteiger partial charge in [-0.1, -0.05) is 0 Å². The molecule has 12 heavy (non-hydrogen) atoms. The Kier molecular flexibility index (Phi) is 3.04. The van der Waals surface area contributed by atoms with E-state index in [2.05, 4.69) is 4.84 Å². The van der Waals surface area contributed by atoms with Crippen LogP contribution in [0, 0.1) is 17.0 Å². The van der Waals surface area contributed by atoms with Gasteiger partial charge in [-0.05, 0) is 19.1 Å². The first kappa shape index (κ1) is 8.99. The maximum atomic E-state index is 9.78. The third-order valence-electron chi connectivity index (χ3n) is 1.34. The van der Waals surface area contributed by atoms with Crippen LogP contribution in [-0.4, -0.2) is 11.7 Å². The van der Waals surface area contributed by atoms with Gasteiger partial charge in [0.25, 0.3) is 5.09 Å². The topological polar surface area (TPSA) is 52.4 Å². The molecule has 0 aromatic carbocycles. The lowest BCUT2D eigenvalue weighted by molar-refractivity contribution is -0.757. The summed E-state index contributed by atoms with van der Waals surface area (Å²) in [5.74, 6) is 0. The summed E-state index contributed by atoms with van der Waals surface area (Å²) in [4.78, 5) is 16.3. The van der Waals surface area contributed by atoms with Crippen LogP contribution in [0.25, 0.3) is 0 Å². The van der Waals surface area contributed by atoms with Gasteiger partial charge in [0.2, 0.25) is 0 Å². The minimum absolute atomic E-state index is 0.146. The molecule has 1 rings (SSSR count). The van der Waals surface area contributed by atoms with Crippen LogP contribution in [-0.2, 0) is 11.3 Å². The van der Waals surface area contributed by atoms with Gasteiger partial charge in [-0.25, -0.2) is 0 Å². The lowest BCUT2D eigenvalue weighted by Crippen LogP contribution is -2.03. The zero-order chi connectivity index (χ0) is 8.97. The molecule has 1 aromatic heterocycles. The second-order valence-electron chi connectivity index (χ2n) is 2.32. The van der Waals surface area contributed by atoms with E-state index in [1.165, 1.54) is 4.88 Å². The SMILES string of the molecule is Cc1ccc(CCO[N+](=O)[O-])s1. The number of nitrogens with zero attached hydrogens (tertiary/aromatic N) is 1. The summed E-state index contributed by atoms with van der Waals surface area (Å²) in [7, 11) is 0. The molecule has 0 bridgehead atoms. The molecule has 0 spiro atoms. The van der Waals surface area contributed by atoms with Gasteiger partial charge < -0.3 is 4.84 Å². The molecular weight excluding hydrogens is 178 g/mol. The van der Waals surface area contributed by atoms with Crippen molar-refractivity contribution in [2.75, 3.05) is 6.61 Å². The smallest absolute Gasteiger partial charge is 0.294 e. The molecular formula is C7H9NO3S. The highest BCUT2D eigenvalue weighted by Crippen LogP contribution is 2.15. The third-order valence-corrected chi connectivity index (χ3v) is 2.40. The molecule has 1 heterocycles. The van der Waals surface area contributed by atoms with Crippen LogP contribution in [0.4, 0.5) is 0 Å². The van der Waals surface area contributed by atoms with Crippen LogP contribution in [0.2, 0.25) is 0 Å². The van der Waals surface area contributed by atoms with E-state index in [4.69, 9.17) is 0 Å². The summed E-state index contributed by atoms with van der Waals surface area (Å²) in [6, 6.07) is 3.95. The highest BCUT2D eigenvalue weighted by atomic mass is 32.1. The van der Waals surface area contributed by atoms with E-state index in [1.807, 2.05) is 19.1 Å². The van der Waals surface area contributed by atoms with Crippen LogP contribution in [0.1, 0.15) is 9.75 Å². The monoisotopic (exact) mass is 187 g/mol. The Hall–Kier alpha value is -1.10. The van der Waals surface area contributed by atoms with E-state index < -0.39 is 5.09 Å². The first-order valence-electron chi connectivity index (χ1n) is 3.51. The second-order valence-corrected chi connectivity index (χ2v) is 3.69. The summed E-state index contributed by atoms with van der Waals surface area (Å²) in [5.41, 5.74) is 0. The van der Waals surface area contributed by atoms with Gasteiger partial charge in [0.1, 0.15) is 6.61 Å². The van der Waals surface area contributed by atoms with E-state index in [9.17, 15) is 10.1 Å². The fourth-order valence-electron chi connectivity index (χ4n) is 0.840. The van der Waals surface area contributed by atoms with E-state index in [0.717, 1.165) is 4.88 Å². The van der Waals surface area contributed by atoms with Crippen molar-refractivity contribution < 1.29 is 9.92 Å². The Balaban J connectivity index is 2.29. The largest absolute Gasteiger partial charge is 0.314 e. The molecule has 0 aliphatic heterocycles. The molecule has 4 nitrogen and oxygen atoms in total. The Bertz CT molecular complexity index is 271. The quantitative estimate of drug-likeness (QED) is 0.533. The summed E-state index contributed by atoms with van der Waals surface area (Å²) >= 11 is 1.64. The fourth-order valence-corrected chi connectivity index (χ4v) is 1.71. The van der Waals surface area contributed by atoms with E-state index in [-0.39, 0.29) is 6.61 Å². The van der Waals surface area contributed by atoms with Crippen LogP contribution < -0.4 is 0 Å². The molecule has 0 unspecified atom stereocenters. The van der Waals surface area contributed by atoms with E-state index >= 15 is 0 Å². The van der Waals surface area contributed by atoms with Gasteiger partial charge in [0.15, 0.2) is 0 Å². The fraction of sp³-hybridized carbons (Fsp3) is 0.429. The Morgan fingerprint density at radius 1 is 1.67 bits per heavy atom. The lowest BCUT2D eigenvalue weighted by atomic mass is 10.3. The first-order valence-corrected chi connectivity index (χ1v) is 4.33. The normalized spacial score (nSPS) is 9.75. The van der Waals surface area contributed by atoms with Crippen LogP contribution >= 0.6 is 11.3 Å². The molecule has 0 aliphatic rings. The van der Waals surface area contributed by atoms with Crippen molar-refractivity contribution in [2.45, 2.75) is 13.3 Å². The van der Waals surface area contributed by atoms with Crippen molar-refractivity contribution in [1.29, 1.82) is 0 Å². The van der Waals surface area contributed by atoms with Crippen LogP contribution in [0.3, 0.4) is 0 Å². The van der Waals surface area contributed by atoms with Gasteiger partial charge in [0, 0.05) is 16.2 Å². The summed E-state index contributed by atoms with van der Waals surface area (Å²) in [6.07, 6.45) is 0.611. The minimum Gasteiger partial charge on any atom is -0.314 e. The summed E-state index contributed by atoms with van der Waals surface area (Å²) < 4.78 is 0. The van der Waals surface area contributed by atoms with Gasteiger partial charge >= 0.3 is 0 Å². The number of rotatable bonds is 4. The molecule has 0 N–H and O–H groups in total. The van der Waals surface area contributed by atoms with Crippen LogP contribution in [0.15, 0.2) is 12.1 Å². The molecule has 0 fully saturated rings. The minimum atomic E-state index is -0.763. The van der Waals surface area contributed by atoms with E-state index in [1.54, 1.807) is 11.3 Å². The van der Waals surface area contributed by atoms with Crippen LogP contribution in [0.5, 0.6) is 0 Å². The van der Waals surface area contributed by atoms with Gasteiger partial charge in [-0.2, -0.15) is 0 Å². The van der Waals surface area contributed by atoms with Gasteiger partial charge in [-0.3, -0.25) is 0 Å². The van der Waals surface area contributed by atoms with Crippen molar-refractivity contribution in [2.24, 2.45) is 0 Å². The molecule has 0 radical (unpaired) electrons. The first-order chi connectivity index (χ1) is 5.68. The predicted octanol–water partition coefficient (Wildman–Crippen LogP) is 1.81. The van der Waals surface area contributed by atoms with Gasteiger partial charge in [0.05, 0.1) is 0 Å². The van der Waals surface area contributed by atoms with Crippen molar-refractivity contribution in [3.8, 4) is 0 Å². The van der Waals surface area contributed by atoms with Crippen molar-refractivity contribution in [1.82, 2.24) is 0 Å². The van der Waals surface area contributed by atoms with Crippen molar-refractivity contribution in [3.05, 3.63) is 32.0 Å². The average Bonchev–Trinajstić information content (AvgIpc) is 2.35. The number of hydrogen-bond acceptors (Lipinski definition) is 4. The zero-order valence-corrected chi connectivity index (χ0v) is 7.47. The molecule has 66 valence electrons.